The fraction of sp³-hybridized carbons (Fsp3) is 0.111. The van der Waals surface area contributed by atoms with E-state index in [0.29, 0.717) is 27.4 Å². The molecule has 4 rings (SSSR count). The second kappa shape index (κ2) is 7.33. The van der Waals surface area contributed by atoms with Gasteiger partial charge in [0.1, 0.15) is 17.4 Å². The first-order valence-corrected chi connectivity index (χ1v) is 10.3. The topological polar surface area (TPSA) is 125 Å². The number of nitro groups is 1. The van der Waals surface area contributed by atoms with Crippen LogP contribution in [0, 0.1) is 22.4 Å². The second-order valence-electron chi connectivity index (χ2n) is 6.07. The van der Waals surface area contributed by atoms with Crippen molar-refractivity contribution in [2.75, 3.05) is 6.26 Å². The molecule has 0 atom stereocenters. The van der Waals surface area contributed by atoms with Crippen molar-refractivity contribution >= 4 is 57.6 Å². The van der Waals surface area contributed by atoms with Crippen molar-refractivity contribution in [2.24, 2.45) is 9.39 Å². The van der Waals surface area contributed by atoms with E-state index >= 15 is 0 Å². The first kappa shape index (κ1) is 19.2. The van der Waals surface area contributed by atoms with Crippen molar-refractivity contribution in [1.82, 2.24) is 4.90 Å². The highest BCUT2D eigenvalue weighted by Crippen LogP contribution is 2.33. The van der Waals surface area contributed by atoms with Crippen LogP contribution >= 0.6 is 23.7 Å². The van der Waals surface area contributed by atoms with Crippen LogP contribution in [0.25, 0.3) is 17.4 Å². The van der Waals surface area contributed by atoms with Gasteiger partial charge in [-0.25, -0.2) is 4.90 Å². The number of carbonyl (C=O) groups is 1. The fourth-order valence-corrected chi connectivity index (χ4v) is 4.29. The number of rotatable bonds is 3. The molecule has 0 aliphatic carbocycles. The molecule has 1 amide bonds. The molecule has 0 saturated heterocycles. The molecule has 1 aromatic carbocycles. The number of amidine groups is 3. The average Bonchev–Trinajstić information content (AvgIpc) is 3.32. The Morgan fingerprint density at radius 2 is 2.14 bits per heavy atom. The number of nitrogens with zero attached hydrogens (tertiary/aromatic N) is 4. The Balaban J connectivity index is 1.69. The van der Waals surface area contributed by atoms with Crippen LogP contribution in [0.3, 0.4) is 0 Å². The van der Waals surface area contributed by atoms with Crippen LogP contribution in [-0.4, -0.2) is 38.2 Å². The predicted molar refractivity (Wildman–Crippen MR) is 114 cm³/mol. The molecule has 146 valence electrons. The number of carbonyl (C=O) groups excluding carboxylic acids is 1. The van der Waals surface area contributed by atoms with E-state index < -0.39 is 10.8 Å². The number of thioether (sulfide) groups is 1. The number of nitrogens with one attached hydrogen (secondary N) is 1. The van der Waals surface area contributed by atoms with Crippen molar-refractivity contribution < 1.29 is 14.1 Å². The van der Waals surface area contributed by atoms with E-state index in [4.69, 9.17) is 9.83 Å². The number of aryl methyl sites for hydroxylation is 1. The molecule has 29 heavy (non-hydrogen) atoms. The van der Waals surface area contributed by atoms with Gasteiger partial charge in [0.05, 0.1) is 22.4 Å². The van der Waals surface area contributed by atoms with Crippen LogP contribution < -0.4 is 0 Å². The number of amides is 1. The third-order valence-electron chi connectivity index (χ3n) is 4.29. The molecule has 1 aromatic heterocycles. The smallest absolute Gasteiger partial charge is 0.283 e. The molecule has 1 N–H and O–H groups in total. The third-order valence-corrected chi connectivity index (χ3v) is 5.74. The summed E-state index contributed by atoms with van der Waals surface area (Å²) in [7, 11) is 0. The van der Waals surface area contributed by atoms with Gasteiger partial charge in [-0.15, -0.1) is 0 Å². The van der Waals surface area contributed by atoms with Crippen molar-refractivity contribution in [3.63, 3.8) is 0 Å². The van der Waals surface area contributed by atoms with Gasteiger partial charge in [0.15, 0.2) is 5.17 Å². The minimum absolute atomic E-state index is 0.0254. The van der Waals surface area contributed by atoms with Crippen LogP contribution in [0.5, 0.6) is 0 Å². The molecule has 2 aliphatic heterocycles. The quantitative estimate of drug-likeness (QED) is 0.338. The van der Waals surface area contributed by atoms with E-state index in [2.05, 4.69) is 9.39 Å². The molecule has 0 radical (unpaired) electrons. The average molecular weight is 427 g/mol. The van der Waals surface area contributed by atoms with Gasteiger partial charge in [0.25, 0.3) is 11.6 Å². The van der Waals surface area contributed by atoms with E-state index in [1.54, 1.807) is 18.2 Å². The van der Waals surface area contributed by atoms with Crippen LogP contribution in [0.2, 0.25) is 0 Å². The van der Waals surface area contributed by atoms with E-state index in [1.807, 2.05) is 13.2 Å². The molecular formula is C18H13N5O4S2. The second-order valence-corrected chi connectivity index (χ2v) is 7.57. The molecule has 0 spiro atoms. The molecule has 11 heteroatoms. The maximum Gasteiger partial charge on any atom is 0.283 e. The molecule has 0 saturated carbocycles. The Kier molecular flexibility index (Phi) is 4.84. The zero-order valence-corrected chi connectivity index (χ0v) is 16.8. The van der Waals surface area contributed by atoms with Crippen LogP contribution in [0.4, 0.5) is 5.69 Å². The van der Waals surface area contributed by atoms with Crippen molar-refractivity contribution in [3.8, 4) is 11.3 Å². The van der Waals surface area contributed by atoms with E-state index in [0.717, 1.165) is 17.5 Å². The van der Waals surface area contributed by atoms with Crippen LogP contribution in [0.1, 0.15) is 11.3 Å². The summed E-state index contributed by atoms with van der Waals surface area (Å²) in [6.45, 7) is 1.82. The number of aliphatic imine (C=N–C) groups is 1. The molecule has 9 nitrogen and oxygen atoms in total. The molecular weight excluding hydrogens is 414 g/mol. The number of benzene rings is 1. The highest BCUT2D eigenvalue weighted by molar-refractivity contribution is 8.18. The summed E-state index contributed by atoms with van der Waals surface area (Å²) < 4.78 is 9.99. The third kappa shape index (κ3) is 3.38. The minimum atomic E-state index is -0.546. The van der Waals surface area contributed by atoms with E-state index in [1.165, 1.54) is 34.9 Å². The summed E-state index contributed by atoms with van der Waals surface area (Å²) in [6, 6.07) is 7.84. The zero-order chi connectivity index (χ0) is 20.7. The van der Waals surface area contributed by atoms with Crippen molar-refractivity contribution in [2.45, 2.75) is 6.92 Å². The van der Waals surface area contributed by atoms with Gasteiger partial charge < -0.3 is 4.42 Å². The largest absolute Gasteiger partial charge is 0.457 e. The minimum Gasteiger partial charge on any atom is -0.457 e. The maximum atomic E-state index is 12.4. The highest BCUT2D eigenvalue weighted by Gasteiger charge is 2.37. The lowest BCUT2D eigenvalue weighted by atomic mass is 10.1. The first-order valence-electron chi connectivity index (χ1n) is 8.27. The Hall–Kier alpha value is -3.18. The van der Waals surface area contributed by atoms with Gasteiger partial charge in [-0.2, -0.15) is 9.39 Å². The summed E-state index contributed by atoms with van der Waals surface area (Å²) in [5.41, 5.74) is 1.44. The Bertz CT molecular complexity index is 1160. The normalized spacial score (nSPS) is 17.4. The molecule has 0 fully saturated rings. The summed E-state index contributed by atoms with van der Waals surface area (Å²) >= 11 is 2.41. The number of nitro benzene ring substituents is 1. The van der Waals surface area contributed by atoms with Gasteiger partial charge >= 0.3 is 0 Å². The lowest BCUT2D eigenvalue weighted by molar-refractivity contribution is -0.384. The summed E-state index contributed by atoms with van der Waals surface area (Å²) in [5.74, 6) is 0.200. The molecule has 0 unspecified atom stereocenters. The lowest BCUT2D eigenvalue weighted by Crippen LogP contribution is -2.41. The summed E-state index contributed by atoms with van der Waals surface area (Å²) in [5, 5.41) is 20.4. The van der Waals surface area contributed by atoms with Gasteiger partial charge in [0, 0.05) is 17.7 Å². The SMILES string of the molecule is CSC1=NSC2=NC(=O)/C(=C\c3ccc(-c4cc([N+](=O)[O-])ccc4C)o3)C(=N)N12. The zero-order valence-electron chi connectivity index (χ0n) is 15.2. The van der Waals surface area contributed by atoms with Crippen molar-refractivity contribution in [3.05, 3.63) is 57.3 Å². The van der Waals surface area contributed by atoms with E-state index in [9.17, 15) is 14.9 Å². The van der Waals surface area contributed by atoms with Crippen LogP contribution in [-0.2, 0) is 4.79 Å². The van der Waals surface area contributed by atoms with Crippen LogP contribution in [0.15, 0.2) is 49.7 Å². The molecule has 3 heterocycles. The Morgan fingerprint density at radius 3 is 2.86 bits per heavy atom. The summed E-state index contributed by atoms with van der Waals surface area (Å²) in [6.07, 6.45) is 3.28. The first-order chi connectivity index (χ1) is 13.9. The number of furan rings is 1. The summed E-state index contributed by atoms with van der Waals surface area (Å²) in [4.78, 5) is 28.5. The fourth-order valence-electron chi connectivity index (χ4n) is 2.84. The Morgan fingerprint density at radius 1 is 1.34 bits per heavy atom. The monoisotopic (exact) mass is 427 g/mol. The number of non-ortho nitro benzene ring substituents is 1. The van der Waals surface area contributed by atoms with Gasteiger partial charge in [0.2, 0.25) is 5.17 Å². The highest BCUT2D eigenvalue weighted by atomic mass is 32.2. The van der Waals surface area contributed by atoms with Gasteiger partial charge in [-0.05, 0) is 37.0 Å². The van der Waals surface area contributed by atoms with Gasteiger partial charge in [-0.1, -0.05) is 17.8 Å². The van der Waals surface area contributed by atoms with Crippen molar-refractivity contribution in [1.29, 1.82) is 5.41 Å². The molecule has 2 aliphatic rings. The predicted octanol–water partition coefficient (Wildman–Crippen LogP) is 4.10. The maximum absolute atomic E-state index is 12.4. The number of fused-ring (bicyclic) bond motifs is 1. The standard InChI is InChI=1S/C18H13N5O4S2/c1-9-3-4-10(23(25)26)7-12(9)14-6-5-11(27-14)8-13-15(19)22-17(20-16(13)24)29-21-18(22)28-2/h3-8,19H,1-2H3/b13-8-,19-15?. The van der Waals surface area contributed by atoms with Gasteiger partial charge in [-0.3, -0.25) is 20.3 Å². The number of hydrogen-bond donors (Lipinski definition) is 1. The number of hydrogen-bond acceptors (Lipinski definition) is 8. The van der Waals surface area contributed by atoms with E-state index in [-0.39, 0.29) is 17.1 Å². The molecule has 2 aromatic rings. The lowest BCUT2D eigenvalue weighted by Gasteiger charge is -2.23. The molecule has 0 bridgehead atoms. The Labute approximate surface area is 173 Å².